The Bertz CT molecular complexity index is 622. The molecule has 2 amide bonds. The van der Waals surface area contributed by atoms with Crippen LogP contribution < -0.4 is 5.32 Å². The van der Waals surface area contributed by atoms with Crippen molar-refractivity contribution in [3.05, 3.63) is 34.9 Å². The highest BCUT2D eigenvalue weighted by atomic mass is 35.5. The molecule has 2 aliphatic rings. The summed E-state index contributed by atoms with van der Waals surface area (Å²) in [6, 6.07) is 6.30. The number of hydrogen-bond acceptors (Lipinski definition) is 4. The number of amides is 2. The lowest BCUT2D eigenvalue weighted by Crippen LogP contribution is -2.70. The van der Waals surface area contributed by atoms with Crippen molar-refractivity contribution in [1.29, 1.82) is 0 Å². The number of aliphatic hydroxyl groups excluding tert-OH is 1. The Balaban J connectivity index is 1.69. The van der Waals surface area contributed by atoms with Gasteiger partial charge < -0.3 is 15.3 Å². The molecule has 2 aliphatic heterocycles. The SMILES string of the molecule is C[C@H](O)[C@H]1NC(=O)[C@H]2CN(Cc3cccc(Cl)c3)CCN2C1=O. The molecule has 0 spiro atoms. The van der Waals surface area contributed by atoms with Crippen molar-refractivity contribution in [2.75, 3.05) is 19.6 Å². The summed E-state index contributed by atoms with van der Waals surface area (Å²) >= 11 is 6.00. The second-order valence-electron chi connectivity index (χ2n) is 6.14. The molecule has 124 valence electrons. The van der Waals surface area contributed by atoms with Crippen LogP contribution in [0.2, 0.25) is 5.02 Å². The van der Waals surface area contributed by atoms with Gasteiger partial charge in [0.05, 0.1) is 6.10 Å². The molecule has 6 nitrogen and oxygen atoms in total. The summed E-state index contributed by atoms with van der Waals surface area (Å²) in [5.41, 5.74) is 1.08. The maximum absolute atomic E-state index is 12.4. The molecular formula is C16H20ClN3O3. The first-order chi connectivity index (χ1) is 11.0. The van der Waals surface area contributed by atoms with Gasteiger partial charge in [0.2, 0.25) is 11.8 Å². The number of nitrogens with zero attached hydrogens (tertiary/aromatic N) is 2. The van der Waals surface area contributed by atoms with Crippen LogP contribution in [0, 0.1) is 0 Å². The van der Waals surface area contributed by atoms with Crippen molar-refractivity contribution in [1.82, 2.24) is 15.1 Å². The van der Waals surface area contributed by atoms with Crippen LogP contribution >= 0.6 is 11.6 Å². The standard InChI is InChI=1S/C16H20ClN3O3/c1-10(21)14-16(23)20-6-5-19(9-13(20)15(22)18-14)8-11-3-2-4-12(17)7-11/h2-4,7,10,13-14,21H,5-6,8-9H2,1H3,(H,18,22)/t10-,13+,14+/m0/s1. The number of fused-ring (bicyclic) bond motifs is 1. The molecule has 3 atom stereocenters. The second kappa shape index (κ2) is 6.47. The van der Waals surface area contributed by atoms with E-state index in [0.29, 0.717) is 31.2 Å². The van der Waals surface area contributed by atoms with E-state index in [1.807, 2.05) is 24.3 Å². The predicted octanol–water partition coefficient (Wildman–Crippen LogP) is 0.232. The van der Waals surface area contributed by atoms with Crippen LogP contribution in [-0.4, -0.2) is 64.5 Å². The average molecular weight is 338 g/mol. The Morgan fingerprint density at radius 1 is 1.39 bits per heavy atom. The highest BCUT2D eigenvalue weighted by Crippen LogP contribution is 2.20. The zero-order chi connectivity index (χ0) is 16.6. The summed E-state index contributed by atoms with van der Waals surface area (Å²) in [7, 11) is 0. The number of rotatable bonds is 3. The first-order valence-electron chi connectivity index (χ1n) is 7.71. The number of nitrogens with one attached hydrogen (secondary N) is 1. The van der Waals surface area contributed by atoms with Gasteiger partial charge in [-0.15, -0.1) is 0 Å². The molecule has 0 unspecified atom stereocenters. The van der Waals surface area contributed by atoms with Gasteiger partial charge in [0.1, 0.15) is 12.1 Å². The monoisotopic (exact) mass is 337 g/mol. The van der Waals surface area contributed by atoms with Gasteiger partial charge in [0.25, 0.3) is 0 Å². The lowest BCUT2D eigenvalue weighted by molar-refractivity contribution is -0.156. The molecule has 23 heavy (non-hydrogen) atoms. The molecule has 2 saturated heterocycles. The minimum absolute atomic E-state index is 0.202. The number of hydrogen-bond donors (Lipinski definition) is 2. The molecule has 0 radical (unpaired) electrons. The van der Waals surface area contributed by atoms with Gasteiger partial charge in [-0.2, -0.15) is 0 Å². The van der Waals surface area contributed by atoms with E-state index in [2.05, 4.69) is 10.2 Å². The van der Waals surface area contributed by atoms with Crippen molar-refractivity contribution >= 4 is 23.4 Å². The number of halogens is 1. The summed E-state index contributed by atoms with van der Waals surface area (Å²) in [5, 5.41) is 13.0. The maximum atomic E-state index is 12.4. The van der Waals surface area contributed by atoms with Crippen molar-refractivity contribution < 1.29 is 14.7 Å². The summed E-state index contributed by atoms with van der Waals surface area (Å²) in [6.07, 6.45) is -0.892. The summed E-state index contributed by atoms with van der Waals surface area (Å²) in [5.74, 6) is -0.404. The quantitative estimate of drug-likeness (QED) is 0.828. The van der Waals surface area contributed by atoms with E-state index in [4.69, 9.17) is 11.6 Å². The topological polar surface area (TPSA) is 72.9 Å². The van der Waals surface area contributed by atoms with Gasteiger partial charge in [0, 0.05) is 31.2 Å². The second-order valence-corrected chi connectivity index (χ2v) is 6.58. The molecule has 2 N–H and O–H groups in total. The first kappa shape index (κ1) is 16.2. The molecule has 1 aromatic carbocycles. The highest BCUT2D eigenvalue weighted by molar-refractivity contribution is 6.30. The van der Waals surface area contributed by atoms with Gasteiger partial charge in [-0.3, -0.25) is 14.5 Å². The minimum Gasteiger partial charge on any atom is -0.391 e. The summed E-state index contributed by atoms with van der Waals surface area (Å²) in [4.78, 5) is 28.4. The van der Waals surface area contributed by atoms with E-state index < -0.39 is 18.2 Å². The Kier molecular flexibility index (Phi) is 4.57. The van der Waals surface area contributed by atoms with Crippen LogP contribution in [-0.2, 0) is 16.1 Å². The minimum atomic E-state index is -0.892. The fourth-order valence-corrected chi connectivity index (χ4v) is 3.39. The molecular weight excluding hydrogens is 318 g/mol. The third-order valence-corrected chi connectivity index (χ3v) is 4.63. The van der Waals surface area contributed by atoms with E-state index in [0.717, 1.165) is 5.56 Å². The van der Waals surface area contributed by atoms with Crippen LogP contribution in [0.25, 0.3) is 0 Å². The number of aliphatic hydroxyl groups is 1. The van der Waals surface area contributed by atoms with Crippen molar-refractivity contribution in [2.45, 2.75) is 31.7 Å². The average Bonchev–Trinajstić information content (AvgIpc) is 2.50. The van der Waals surface area contributed by atoms with Gasteiger partial charge in [0.15, 0.2) is 0 Å². The maximum Gasteiger partial charge on any atom is 0.248 e. The number of piperazine rings is 2. The normalized spacial score (nSPS) is 26.7. The Hall–Kier alpha value is -1.63. The predicted molar refractivity (Wildman–Crippen MR) is 85.8 cm³/mol. The van der Waals surface area contributed by atoms with E-state index >= 15 is 0 Å². The van der Waals surface area contributed by atoms with E-state index in [-0.39, 0.29) is 11.8 Å². The van der Waals surface area contributed by atoms with Crippen LogP contribution in [0.3, 0.4) is 0 Å². The third kappa shape index (κ3) is 3.34. The van der Waals surface area contributed by atoms with Crippen molar-refractivity contribution in [3.8, 4) is 0 Å². The van der Waals surface area contributed by atoms with E-state index in [9.17, 15) is 14.7 Å². The number of carbonyl (C=O) groups is 2. The van der Waals surface area contributed by atoms with E-state index in [1.54, 1.807) is 4.90 Å². The molecule has 0 saturated carbocycles. The zero-order valence-corrected chi connectivity index (χ0v) is 13.7. The molecule has 0 aromatic heterocycles. The van der Waals surface area contributed by atoms with E-state index in [1.165, 1.54) is 6.92 Å². The first-order valence-corrected chi connectivity index (χ1v) is 8.09. The van der Waals surface area contributed by atoms with Gasteiger partial charge in [-0.25, -0.2) is 0 Å². The van der Waals surface area contributed by atoms with Crippen molar-refractivity contribution in [2.24, 2.45) is 0 Å². The van der Waals surface area contributed by atoms with Crippen LogP contribution in [0.1, 0.15) is 12.5 Å². The van der Waals surface area contributed by atoms with Gasteiger partial charge in [-0.1, -0.05) is 23.7 Å². The Morgan fingerprint density at radius 2 is 2.17 bits per heavy atom. The molecule has 7 heteroatoms. The summed E-state index contributed by atoms with van der Waals surface area (Å²) in [6.45, 7) is 3.86. The number of benzene rings is 1. The molecule has 0 aliphatic carbocycles. The highest BCUT2D eigenvalue weighted by Gasteiger charge is 2.44. The summed E-state index contributed by atoms with van der Waals surface area (Å²) < 4.78 is 0. The van der Waals surface area contributed by atoms with Crippen LogP contribution in [0.15, 0.2) is 24.3 Å². The smallest absolute Gasteiger partial charge is 0.248 e. The molecule has 2 fully saturated rings. The largest absolute Gasteiger partial charge is 0.391 e. The van der Waals surface area contributed by atoms with Crippen molar-refractivity contribution in [3.63, 3.8) is 0 Å². The van der Waals surface area contributed by atoms with Crippen LogP contribution in [0.5, 0.6) is 0 Å². The van der Waals surface area contributed by atoms with Crippen LogP contribution in [0.4, 0.5) is 0 Å². The fourth-order valence-electron chi connectivity index (χ4n) is 3.18. The molecule has 1 aromatic rings. The third-order valence-electron chi connectivity index (χ3n) is 4.39. The van der Waals surface area contributed by atoms with Gasteiger partial charge in [-0.05, 0) is 24.6 Å². The van der Waals surface area contributed by atoms with Gasteiger partial charge >= 0.3 is 0 Å². The Labute approximate surface area is 140 Å². The lowest BCUT2D eigenvalue weighted by Gasteiger charge is -2.45. The zero-order valence-electron chi connectivity index (χ0n) is 12.9. The molecule has 2 heterocycles. The fraction of sp³-hybridized carbons (Fsp3) is 0.500. The number of carbonyl (C=O) groups excluding carboxylic acids is 2. The lowest BCUT2D eigenvalue weighted by atomic mass is 10.0. The molecule has 0 bridgehead atoms. The Morgan fingerprint density at radius 3 is 2.87 bits per heavy atom. The molecule has 3 rings (SSSR count).